The van der Waals surface area contributed by atoms with Crippen molar-refractivity contribution in [3.05, 3.63) is 223 Å². The number of hydrogen-bond donors (Lipinski definition) is 2. The first-order valence-corrected chi connectivity index (χ1v) is 20.0. The largest absolute Gasteiger partial charge is 0.350 e. The lowest BCUT2D eigenvalue weighted by Gasteiger charge is -2.32. The van der Waals surface area contributed by atoms with E-state index in [0.717, 1.165) is 83.4 Å². The average molecular weight is 759 g/mol. The van der Waals surface area contributed by atoms with Crippen LogP contribution in [-0.2, 0) is 0 Å². The van der Waals surface area contributed by atoms with Gasteiger partial charge in [-0.05, 0) is 57.6 Å². The molecular weight excluding hydrogens is 721 g/mol. The van der Waals surface area contributed by atoms with E-state index < -0.39 is 0 Å². The summed E-state index contributed by atoms with van der Waals surface area (Å²) in [4.78, 5) is 15.4. The summed E-state index contributed by atoms with van der Waals surface area (Å²) in [7, 11) is 0. The van der Waals surface area contributed by atoms with Crippen LogP contribution in [0, 0.1) is 0 Å². The molecule has 0 radical (unpaired) electrons. The fourth-order valence-electron chi connectivity index (χ4n) is 8.40. The molecule has 0 aliphatic carbocycles. The number of aromatic nitrogens is 3. The molecule has 2 N–H and O–H groups in total. The van der Waals surface area contributed by atoms with E-state index in [1.165, 1.54) is 11.1 Å². The van der Waals surface area contributed by atoms with Gasteiger partial charge in [-0.2, -0.15) is 0 Å². The van der Waals surface area contributed by atoms with Crippen LogP contribution < -0.4 is 10.6 Å². The molecule has 6 heteroatoms. The van der Waals surface area contributed by atoms with E-state index in [1.54, 1.807) is 0 Å². The smallest absolute Gasteiger partial charge is 0.145 e. The summed E-state index contributed by atoms with van der Waals surface area (Å²) >= 11 is 0. The van der Waals surface area contributed by atoms with Crippen LogP contribution in [0.15, 0.2) is 211 Å². The first-order valence-electron chi connectivity index (χ1n) is 20.0. The minimum atomic E-state index is -0.204. The molecule has 2 aromatic heterocycles. The van der Waals surface area contributed by atoms with Gasteiger partial charge < -0.3 is 5.32 Å². The maximum atomic E-state index is 5.35. The van der Waals surface area contributed by atoms with Crippen LogP contribution in [0.2, 0.25) is 0 Å². The third-order valence-electron chi connectivity index (χ3n) is 11.4. The summed E-state index contributed by atoms with van der Waals surface area (Å²) in [5, 5.41) is 10.7. The molecular formula is C53H38N6. The highest BCUT2D eigenvalue weighted by Gasteiger charge is 2.26. The zero-order valence-electron chi connectivity index (χ0n) is 32.1. The highest BCUT2D eigenvalue weighted by molar-refractivity contribution is 6.23. The van der Waals surface area contributed by atoms with E-state index in [9.17, 15) is 0 Å². The monoisotopic (exact) mass is 758 g/mol. The number of fused-ring (bicyclic) bond motifs is 6. The first kappa shape index (κ1) is 34.6. The van der Waals surface area contributed by atoms with Gasteiger partial charge in [-0.3, -0.25) is 14.9 Å². The van der Waals surface area contributed by atoms with Crippen LogP contribution in [0.25, 0.3) is 72.0 Å². The Bertz CT molecular complexity index is 3120. The van der Waals surface area contributed by atoms with Crippen molar-refractivity contribution < 1.29 is 0 Å². The molecule has 2 unspecified atom stereocenters. The summed E-state index contributed by atoms with van der Waals surface area (Å²) in [6, 6.07) is 70.3. The van der Waals surface area contributed by atoms with Gasteiger partial charge in [0.1, 0.15) is 24.0 Å². The molecule has 10 aromatic rings. The van der Waals surface area contributed by atoms with Gasteiger partial charge in [-0.1, -0.05) is 176 Å². The van der Waals surface area contributed by atoms with Gasteiger partial charge in [0.05, 0.1) is 16.6 Å². The van der Waals surface area contributed by atoms with E-state index in [1.807, 2.05) is 30.5 Å². The SMILES string of the molecule is c1ccc(-c2ccc(C3=NC(c4ccccc4)NC(c4ccc(-c5ccc(-n6c(-c7ccccc7)nc7c8ccccc8c8ncccc8c76)cc5)cc4)N3)cc2)cc1. The third-order valence-corrected chi connectivity index (χ3v) is 11.4. The van der Waals surface area contributed by atoms with Crippen LogP contribution in [0.1, 0.15) is 29.0 Å². The number of hydrogen-bond acceptors (Lipinski definition) is 5. The van der Waals surface area contributed by atoms with E-state index in [4.69, 9.17) is 15.0 Å². The molecule has 0 bridgehead atoms. The van der Waals surface area contributed by atoms with Crippen molar-refractivity contribution in [3.8, 4) is 39.3 Å². The first-order chi connectivity index (χ1) is 29.2. The number of nitrogens with one attached hydrogen (secondary N) is 2. The Labute approximate surface area is 342 Å². The molecule has 2 atom stereocenters. The Morgan fingerprint density at radius 1 is 0.424 bits per heavy atom. The number of imidazole rings is 1. The number of nitrogens with zero attached hydrogens (tertiary/aromatic N) is 4. The van der Waals surface area contributed by atoms with Crippen LogP contribution in [0.3, 0.4) is 0 Å². The maximum absolute atomic E-state index is 5.35. The summed E-state index contributed by atoms with van der Waals surface area (Å²) in [6.45, 7) is 0. The second-order valence-corrected chi connectivity index (χ2v) is 14.9. The Hall–Kier alpha value is -7.67. The molecule has 0 saturated heterocycles. The standard InChI is InChI=1S/C53H38N6/c1-4-13-35(14-5-1)36-22-26-40(27-23-36)51-56-50(39-15-6-2-7-16-39)57-52(58-51)41-28-24-37(25-29-41)38-30-32-43(33-31-38)59-49-46-21-12-34-54-47(46)44-19-10-11-20-45(44)48(49)55-53(59)42-17-8-3-9-18-42/h1-34,50,52,57H,(H,56,58). The minimum absolute atomic E-state index is 0.149. The highest BCUT2D eigenvalue weighted by atomic mass is 15.3. The topological polar surface area (TPSA) is 67.1 Å². The zero-order valence-corrected chi connectivity index (χ0v) is 32.1. The van der Waals surface area contributed by atoms with E-state index >= 15 is 0 Å². The second-order valence-electron chi connectivity index (χ2n) is 14.9. The van der Waals surface area contributed by atoms with Gasteiger partial charge in [0, 0.05) is 39.2 Å². The quantitative estimate of drug-likeness (QED) is 0.159. The fraction of sp³-hybridized carbons (Fsp3) is 0.0377. The van der Waals surface area contributed by atoms with E-state index in [-0.39, 0.29) is 12.3 Å². The van der Waals surface area contributed by atoms with Crippen molar-refractivity contribution in [2.45, 2.75) is 12.3 Å². The van der Waals surface area contributed by atoms with Crippen LogP contribution in [-0.4, -0.2) is 20.4 Å². The van der Waals surface area contributed by atoms with Gasteiger partial charge >= 0.3 is 0 Å². The van der Waals surface area contributed by atoms with Crippen LogP contribution in [0.5, 0.6) is 0 Å². The molecule has 1 aliphatic rings. The molecule has 0 saturated carbocycles. The van der Waals surface area contributed by atoms with Crippen molar-refractivity contribution in [1.82, 2.24) is 25.2 Å². The summed E-state index contributed by atoms with van der Waals surface area (Å²) < 4.78 is 2.30. The van der Waals surface area contributed by atoms with Crippen LogP contribution >= 0.6 is 0 Å². The molecule has 280 valence electrons. The zero-order chi connectivity index (χ0) is 39.1. The molecule has 59 heavy (non-hydrogen) atoms. The molecule has 11 rings (SSSR count). The second kappa shape index (κ2) is 14.7. The van der Waals surface area contributed by atoms with Gasteiger partial charge in [0.2, 0.25) is 0 Å². The van der Waals surface area contributed by atoms with Crippen molar-refractivity contribution in [2.75, 3.05) is 0 Å². The Kier molecular flexibility index (Phi) is 8.60. The summed E-state index contributed by atoms with van der Waals surface area (Å²) in [5.74, 6) is 1.76. The van der Waals surface area contributed by atoms with Crippen molar-refractivity contribution in [1.29, 1.82) is 0 Å². The Morgan fingerprint density at radius 2 is 0.949 bits per heavy atom. The lowest BCUT2D eigenvalue weighted by Crippen LogP contribution is -2.44. The normalized spacial score (nSPS) is 15.3. The lowest BCUT2D eigenvalue weighted by atomic mass is 10.0. The molecule has 1 aliphatic heterocycles. The number of benzene rings is 8. The molecule has 0 spiro atoms. The Balaban J connectivity index is 0.928. The van der Waals surface area contributed by atoms with E-state index in [0.29, 0.717) is 0 Å². The minimum Gasteiger partial charge on any atom is -0.350 e. The van der Waals surface area contributed by atoms with Crippen molar-refractivity contribution in [3.63, 3.8) is 0 Å². The average Bonchev–Trinajstić information content (AvgIpc) is 3.74. The summed E-state index contributed by atoms with van der Waals surface area (Å²) in [6.07, 6.45) is 1.52. The van der Waals surface area contributed by atoms with Crippen molar-refractivity contribution >= 4 is 38.5 Å². The van der Waals surface area contributed by atoms with Gasteiger partial charge in [0.15, 0.2) is 0 Å². The number of aliphatic imine (C=N–C) groups is 1. The van der Waals surface area contributed by atoms with Gasteiger partial charge in [-0.15, -0.1) is 0 Å². The summed E-state index contributed by atoms with van der Waals surface area (Å²) in [5.41, 5.74) is 13.0. The van der Waals surface area contributed by atoms with Gasteiger partial charge in [-0.25, -0.2) is 9.98 Å². The predicted molar refractivity (Wildman–Crippen MR) is 241 cm³/mol. The predicted octanol–water partition coefficient (Wildman–Crippen LogP) is 12.1. The Morgan fingerprint density at radius 3 is 1.63 bits per heavy atom. The van der Waals surface area contributed by atoms with E-state index in [2.05, 4.69) is 191 Å². The molecule has 8 aromatic carbocycles. The molecule has 6 nitrogen and oxygen atoms in total. The fourth-order valence-corrected chi connectivity index (χ4v) is 8.40. The lowest BCUT2D eigenvalue weighted by molar-refractivity contribution is 0.409. The number of rotatable bonds is 7. The number of pyridine rings is 1. The molecule has 3 heterocycles. The third kappa shape index (κ3) is 6.33. The van der Waals surface area contributed by atoms with Crippen LogP contribution in [0.4, 0.5) is 0 Å². The van der Waals surface area contributed by atoms with Crippen molar-refractivity contribution in [2.24, 2.45) is 4.99 Å². The number of amidine groups is 1. The highest BCUT2D eigenvalue weighted by Crippen LogP contribution is 2.39. The molecule has 0 amide bonds. The maximum Gasteiger partial charge on any atom is 0.145 e. The van der Waals surface area contributed by atoms with Gasteiger partial charge in [0.25, 0.3) is 0 Å². The molecule has 0 fully saturated rings.